The minimum absolute atomic E-state index is 0.0603. The van der Waals surface area contributed by atoms with Crippen LogP contribution in [0.25, 0.3) is 0 Å². The highest BCUT2D eigenvalue weighted by atomic mass is 16.1. The van der Waals surface area contributed by atoms with E-state index in [0.717, 1.165) is 32.1 Å². The molecule has 0 N–H and O–H groups in total. The summed E-state index contributed by atoms with van der Waals surface area (Å²) in [5, 5.41) is 0. The van der Waals surface area contributed by atoms with E-state index in [1.807, 2.05) is 6.08 Å². The van der Waals surface area contributed by atoms with Crippen LogP contribution in [0.2, 0.25) is 0 Å². The number of ketones is 3. The molecule has 0 saturated heterocycles. The van der Waals surface area contributed by atoms with E-state index < -0.39 is 0 Å². The Morgan fingerprint density at radius 2 is 1.88 bits per heavy atom. The second kappa shape index (κ2) is 5.12. The minimum Gasteiger partial charge on any atom is -0.300 e. The molecule has 3 fully saturated rings. The molecular weight excluding hydrogens is 300 g/mol. The number of carbonyl (C=O) groups excluding carboxylic acids is 3. The average Bonchev–Trinajstić information content (AvgIpc) is 2.84. The number of hydrogen-bond donors (Lipinski definition) is 0. The first-order valence-corrected chi connectivity index (χ1v) is 9.54. The fourth-order valence-corrected chi connectivity index (χ4v) is 7.05. The smallest absolute Gasteiger partial charge is 0.155 e. The fraction of sp³-hybridized carbons (Fsp3) is 0.762. The van der Waals surface area contributed by atoms with E-state index in [-0.39, 0.29) is 34.2 Å². The summed E-state index contributed by atoms with van der Waals surface area (Å²) >= 11 is 0. The highest BCUT2D eigenvalue weighted by molar-refractivity contribution is 5.93. The van der Waals surface area contributed by atoms with Crippen molar-refractivity contribution in [2.45, 2.75) is 65.7 Å². The third-order valence-corrected chi connectivity index (χ3v) is 8.14. The molecule has 4 rings (SSSR count). The largest absolute Gasteiger partial charge is 0.300 e. The van der Waals surface area contributed by atoms with Gasteiger partial charge in [-0.25, -0.2) is 0 Å². The average molecular weight is 328 g/mol. The number of fused-ring (bicyclic) bond motifs is 5. The van der Waals surface area contributed by atoms with Crippen LogP contribution in [0.15, 0.2) is 11.6 Å². The van der Waals surface area contributed by atoms with Gasteiger partial charge in [0.1, 0.15) is 11.6 Å². The summed E-state index contributed by atoms with van der Waals surface area (Å²) in [6.07, 6.45) is 7.80. The maximum absolute atomic E-state index is 13.3. The monoisotopic (exact) mass is 328 g/mol. The van der Waals surface area contributed by atoms with Gasteiger partial charge in [-0.15, -0.1) is 0 Å². The van der Waals surface area contributed by atoms with Crippen molar-refractivity contribution in [3.8, 4) is 0 Å². The van der Waals surface area contributed by atoms with Crippen molar-refractivity contribution in [2.75, 3.05) is 0 Å². The van der Waals surface area contributed by atoms with E-state index in [9.17, 15) is 14.4 Å². The topological polar surface area (TPSA) is 51.2 Å². The van der Waals surface area contributed by atoms with Gasteiger partial charge in [-0.05, 0) is 67.8 Å². The Hall–Kier alpha value is -1.25. The van der Waals surface area contributed by atoms with E-state index in [4.69, 9.17) is 0 Å². The van der Waals surface area contributed by atoms with Gasteiger partial charge in [0.25, 0.3) is 0 Å². The normalized spacial score (nSPS) is 47.5. The summed E-state index contributed by atoms with van der Waals surface area (Å²) in [6.45, 7) is 6.12. The number of hydrogen-bond acceptors (Lipinski definition) is 3. The summed E-state index contributed by atoms with van der Waals surface area (Å²) < 4.78 is 0. The maximum Gasteiger partial charge on any atom is 0.155 e. The Bertz CT molecular complexity index is 660. The fourth-order valence-electron chi connectivity index (χ4n) is 7.05. The van der Waals surface area contributed by atoms with Crippen molar-refractivity contribution in [1.29, 1.82) is 0 Å². The Kier molecular flexibility index (Phi) is 3.47. The molecule has 0 aliphatic heterocycles. The SMILES string of the molecule is CC(=O)[C@H]1CC[C@H]2[C@@H]3CCC4=CC(=O)CC[C@]4(C)[C@H]3C(=O)C[C@@]12C. The van der Waals surface area contributed by atoms with E-state index >= 15 is 0 Å². The van der Waals surface area contributed by atoms with Crippen LogP contribution in [0.1, 0.15) is 65.7 Å². The van der Waals surface area contributed by atoms with Gasteiger partial charge in [-0.3, -0.25) is 14.4 Å². The first-order valence-electron chi connectivity index (χ1n) is 9.54. The van der Waals surface area contributed by atoms with Crippen LogP contribution in [-0.4, -0.2) is 17.3 Å². The number of rotatable bonds is 1. The van der Waals surface area contributed by atoms with Crippen LogP contribution in [0.5, 0.6) is 0 Å². The van der Waals surface area contributed by atoms with Crippen LogP contribution in [0, 0.1) is 34.5 Å². The Morgan fingerprint density at radius 3 is 2.58 bits per heavy atom. The molecule has 0 aromatic carbocycles. The minimum atomic E-state index is -0.133. The third kappa shape index (κ3) is 1.99. The van der Waals surface area contributed by atoms with Crippen LogP contribution in [0.3, 0.4) is 0 Å². The molecule has 3 heteroatoms. The van der Waals surface area contributed by atoms with Crippen LogP contribution >= 0.6 is 0 Å². The highest BCUT2D eigenvalue weighted by Gasteiger charge is 2.62. The molecule has 0 unspecified atom stereocenters. The van der Waals surface area contributed by atoms with E-state index in [0.29, 0.717) is 30.5 Å². The molecule has 0 spiro atoms. The number of carbonyl (C=O) groups is 3. The Balaban J connectivity index is 1.74. The van der Waals surface area contributed by atoms with Gasteiger partial charge < -0.3 is 0 Å². The molecule has 3 saturated carbocycles. The lowest BCUT2D eigenvalue weighted by molar-refractivity contribution is -0.148. The zero-order valence-corrected chi connectivity index (χ0v) is 15.1. The molecule has 0 aromatic heterocycles. The predicted octanol–water partition coefficient (Wildman–Crippen LogP) is 3.90. The van der Waals surface area contributed by atoms with Gasteiger partial charge in [0.2, 0.25) is 0 Å². The van der Waals surface area contributed by atoms with Crippen molar-refractivity contribution in [2.24, 2.45) is 34.5 Å². The highest BCUT2D eigenvalue weighted by Crippen LogP contribution is 2.65. The van der Waals surface area contributed by atoms with E-state index in [2.05, 4.69) is 13.8 Å². The van der Waals surface area contributed by atoms with Gasteiger partial charge in [0.15, 0.2) is 5.78 Å². The van der Waals surface area contributed by atoms with Crippen LogP contribution < -0.4 is 0 Å². The zero-order chi connectivity index (χ0) is 17.3. The van der Waals surface area contributed by atoms with Gasteiger partial charge in [0, 0.05) is 24.7 Å². The summed E-state index contributed by atoms with van der Waals surface area (Å²) in [7, 11) is 0. The Morgan fingerprint density at radius 1 is 1.12 bits per heavy atom. The van der Waals surface area contributed by atoms with Gasteiger partial charge in [0.05, 0.1) is 0 Å². The number of Topliss-reactive ketones (excluding diaryl/α,β-unsaturated/α-hetero) is 2. The lowest BCUT2D eigenvalue weighted by atomic mass is 9.46. The molecule has 0 amide bonds. The second-order valence-electron chi connectivity index (χ2n) is 9.23. The van der Waals surface area contributed by atoms with E-state index in [1.165, 1.54) is 5.57 Å². The Labute approximate surface area is 144 Å². The summed E-state index contributed by atoms with van der Waals surface area (Å²) in [5.74, 6) is 1.86. The zero-order valence-electron chi connectivity index (χ0n) is 15.1. The first-order chi connectivity index (χ1) is 11.3. The lowest BCUT2D eigenvalue weighted by Crippen LogP contribution is -2.55. The van der Waals surface area contributed by atoms with Gasteiger partial charge in [-0.2, -0.15) is 0 Å². The molecule has 0 heterocycles. The lowest BCUT2D eigenvalue weighted by Gasteiger charge is -2.56. The second-order valence-corrected chi connectivity index (χ2v) is 9.23. The summed E-state index contributed by atoms with van der Waals surface area (Å²) in [4.78, 5) is 37.3. The molecule has 0 aromatic rings. The molecule has 6 atom stereocenters. The molecule has 4 aliphatic rings. The van der Waals surface area contributed by atoms with Gasteiger partial charge >= 0.3 is 0 Å². The van der Waals surface area contributed by atoms with Gasteiger partial charge in [-0.1, -0.05) is 19.4 Å². The number of allylic oxidation sites excluding steroid dienone is 1. The van der Waals surface area contributed by atoms with Crippen molar-refractivity contribution in [3.63, 3.8) is 0 Å². The molecular formula is C21H28O3. The van der Waals surface area contributed by atoms with Crippen molar-refractivity contribution in [1.82, 2.24) is 0 Å². The molecule has 4 aliphatic carbocycles. The van der Waals surface area contributed by atoms with Crippen molar-refractivity contribution < 1.29 is 14.4 Å². The van der Waals surface area contributed by atoms with Crippen molar-refractivity contribution in [3.05, 3.63) is 11.6 Å². The molecule has 24 heavy (non-hydrogen) atoms. The van der Waals surface area contributed by atoms with Crippen molar-refractivity contribution >= 4 is 17.3 Å². The molecule has 130 valence electrons. The summed E-state index contributed by atoms with van der Waals surface area (Å²) in [6, 6.07) is 0. The van der Waals surface area contributed by atoms with E-state index in [1.54, 1.807) is 6.92 Å². The molecule has 0 radical (unpaired) electrons. The predicted molar refractivity (Wildman–Crippen MR) is 91.3 cm³/mol. The molecule has 3 nitrogen and oxygen atoms in total. The molecule has 0 bridgehead atoms. The standard InChI is InChI=1S/C21H28O3/c1-12(22)16-6-7-17-15-5-4-13-10-14(23)8-9-20(13,2)19(15)18(24)11-21(16,17)3/h10,15-17,19H,4-9,11H2,1-3H3/t15-,16+,17-,19+,20-,21-/m0/s1. The van der Waals surface area contributed by atoms with Crippen LogP contribution in [-0.2, 0) is 14.4 Å². The summed E-state index contributed by atoms with van der Waals surface area (Å²) in [5.41, 5.74) is 0.966. The first kappa shape index (κ1) is 16.2. The van der Waals surface area contributed by atoms with Crippen LogP contribution in [0.4, 0.5) is 0 Å². The quantitative estimate of drug-likeness (QED) is 0.733. The third-order valence-electron chi connectivity index (χ3n) is 8.14. The maximum atomic E-state index is 13.3.